The molecule has 32 heavy (non-hydrogen) atoms. The van der Waals surface area contributed by atoms with Crippen LogP contribution in [0.25, 0.3) is 0 Å². The van der Waals surface area contributed by atoms with Crippen LogP contribution in [0.15, 0.2) is 35.7 Å². The SMILES string of the molecule is Cc1ncc2c(c1OC(=O)[C@@H]1CCCN1/[N+]([O-])=N\OC(C)C)CO[C@H]2c1ccc(Cl)cc1. The number of rotatable bonds is 6. The predicted molar refractivity (Wildman–Crippen MR) is 115 cm³/mol. The maximum absolute atomic E-state index is 13.0. The van der Waals surface area contributed by atoms with E-state index in [0.29, 0.717) is 40.8 Å². The smallest absolute Gasteiger partial charge is 0.340 e. The van der Waals surface area contributed by atoms with Crippen LogP contribution in [0.4, 0.5) is 0 Å². The molecule has 1 aromatic carbocycles. The number of esters is 1. The lowest BCUT2D eigenvalue weighted by molar-refractivity contribution is -0.712. The average molecular weight is 461 g/mol. The van der Waals surface area contributed by atoms with Crippen LogP contribution >= 0.6 is 11.6 Å². The molecule has 2 aliphatic heterocycles. The summed E-state index contributed by atoms with van der Waals surface area (Å²) in [5.41, 5.74) is 3.14. The Morgan fingerprint density at radius 2 is 2.12 bits per heavy atom. The minimum atomic E-state index is -0.753. The fourth-order valence-corrected chi connectivity index (χ4v) is 4.00. The van der Waals surface area contributed by atoms with Crippen LogP contribution in [0.3, 0.4) is 0 Å². The molecule has 0 saturated carbocycles. The van der Waals surface area contributed by atoms with Gasteiger partial charge in [-0.25, -0.2) is 4.79 Å². The van der Waals surface area contributed by atoms with Gasteiger partial charge in [-0.1, -0.05) is 23.7 Å². The van der Waals surface area contributed by atoms with Crippen LogP contribution in [0.1, 0.15) is 55.2 Å². The van der Waals surface area contributed by atoms with Crippen molar-refractivity contribution in [3.63, 3.8) is 0 Å². The minimum Gasteiger partial charge on any atom is -0.569 e. The Morgan fingerprint density at radius 1 is 1.38 bits per heavy atom. The zero-order valence-corrected chi connectivity index (χ0v) is 18.9. The number of carbonyl (C=O) groups is 1. The van der Waals surface area contributed by atoms with Crippen LogP contribution in [-0.4, -0.2) is 39.6 Å². The van der Waals surface area contributed by atoms with Crippen molar-refractivity contribution in [3.05, 3.63) is 63.1 Å². The van der Waals surface area contributed by atoms with E-state index in [4.69, 9.17) is 25.9 Å². The quantitative estimate of drug-likeness (QED) is 0.275. The monoisotopic (exact) mass is 460 g/mol. The number of nitrogens with zero attached hydrogens (tertiary/aromatic N) is 4. The number of hydrazine groups is 1. The highest BCUT2D eigenvalue weighted by Gasteiger charge is 2.40. The molecule has 2 aromatic rings. The molecular formula is C22H25ClN4O5. The van der Waals surface area contributed by atoms with Crippen molar-refractivity contribution < 1.29 is 24.1 Å². The summed E-state index contributed by atoms with van der Waals surface area (Å²) in [5, 5.41) is 17.8. The van der Waals surface area contributed by atoms with Crippen molar-refractivity contribution in [3.8, 4) is 5.75 Å². The number of aryl methyl sites for hydroxylation is 1. The van der Waals surface area contributed by atoms with Gasteiger partial charge in [0, 0.05) is 22.3 Å². The lowest BCUT2D eigenvalue weighted by Gasteiger charge is -2.20. The highest BCUT2D eigenvalue weighted by Crippen LogP contribution is 2.41. The molecule has 1 fully saturated rings. The molecule has 1 aromatic heterocycles. The molecule has 170 valence electrons. The second kappa shape index (κ2) is 9.30. The number of halogens is 1. The normalized spacial score (nSPS) is 20.5. The predicted octanol–water partition coefficient (Wildman–Crippen LogP) is 4.25. The summed E-state index contributed by atoms with van der Waals surface area (Å²) in [6, 6.07) is 6.65. The molecule has 2 aliphatic rings. The van der Waals surface area contributed by atoms with E-state index in [2.05, 4.69) is 10.3 Å². The molecule has 0 bridgehead atoms. The number of benzene rings is 1. The van der Waals surface area contributed by atoms with E-state index in [1.54, 1.807) is 39.1 Å². The largest absolute Gasteiger partial charge is 0.569 e. The van der Waals surface area contributed by atoms with Gasteiger partial charge in [0.1, 0.15) is 12.2 Å². The Morgan fingerprint density at radius 3 is 2.84 bits per heavy atom. The molecule has 0 aliphatic carbocycles. The van der Waals surface area contributed by atoms with Gasteiger partial charge in [-0.05, 0) is 51.3 Å². The fraction of sp³-hybridized carbons (Fsp3) is 0.455. The Kier molecular flexibility index (Phi) is 6.48. The molecule has 0 unspecified atom stereocenters. The fourth-order valence-electron chi connectivity index (χ4n) is 3.88. The number of hydrogen-bond acceptors (Lipinski definition) is 7. The van der Waals surface area contributed by atoms with Gasteiger partial charge in [-0.3, -0.25) is 4.98 Å². The van der Waals surface area contributed by atoms with Gasteiger partial charge in [0.25, 0.3) is 0 Å². The first-order chi connectivity index (χ1) is 15.3. The van der Waals surface area contributed by atoms with Gasteiger partial charge in [-0.2, -0.15) is 0 Å². The number of ether oxygens (including phenoxy) is 2. The van der Waals surface area contributed by atoms with Gasteiger partial charge in [-0.15, -0.1) is 5.01 Å². The lowest BCUT2D eigenvalue weighted by Crippen LogP contribution is -2.42. The molecule has 9 nitrogen and oxygen atoms in total. The molecule has 0 radical (unpaired) electrons. The van der Waals surface area contributed by atoms with Gasteiger partial charge in [0.05, 0.1) is 23.8 Å². The number of hydrogen-bond donors (Lipinski definition) is 0. The minimum absolute atomic E-state index is 0.242. The average Bonchev–Trinajstić information content (AvgIpc) is 3.42. The van der Waals surface area contributed by atoms with Crippen LogP contribution < -0.4 is 4.74 Å². The van der Waals surface area contributed by atoms with E-state index >= 15 is 0 Å². The molecule has 10 heteroatoms. The zero-order chi connectivity index (χ0) is 22.8. The summed E-state index contributed by atoms with van der Waals surface area (Å²) in [6.45, 7) is 5.97. The number of carbonyl (C=O) groups excluding carboxylic acids is 1. The van der Waals surface area contributed by atoms with Gasteiger partial charge in [0.2, 0.25) is 5.28 Å². The van der Waals surface area contributed by atoms with Crippen molar-refractivity contribution in [2.24, 2.45) is 5.28 Å². The summed E-state index contributed by atoms with van der Waals surface area (Å²) in [7, 11) is 0. The molecule has 4 rings (SSSR count). The van der Waals surface area contributed by atoms with E-state index < -0.39 is 12.0 Å². The Bertz CT molecular complexity index is 1030. The zero-order valence-electron chi connectivity index (χ0n) is 18.2. The van der Waals surface area contributed by atoms with Gasteiger partial charge >= 0.3 is 5.97 Å². The Balaban J connectivity index is 1.55. The second-order valence-corrected chi connectivity index (χ2v) is 8.52. The van der Waals surface area contributed by atoms with Crippen LogP contribution in [-0.2, 0) is 21.0 Å². The van der Waals surface area contributed by atoms with Crippen LogP contribution in [0.2, 0.25) is 5.02 Å². The molecule has 1 saturated heterocycles. The number of aromatic nitrogens is 1. The highest BCUT2D eigenvalue weighted by molar-refractivity contribution is 6.30. The first-order valence-electron chi connectivity index (χ1n) is 10.5. The Hall–Kier alpha value is -2.91. The number of fused-ring (bicyclic) bond motifs is 1. The summed E-state index contributed by atoms with van der Waals surface area (Å²) >= 11 is 6.00. The van der Waals surface area contributed by atoms with Crippen LogP contribution in [0, 0.1) is 12.1 Å². The summed E-state index contributed by atoms with van der Waals surface area (Å²) in [5.74, 6) is -0.153. The molecular weight excluding hydrogens is 436 g/mol. The first kappa shape index (κ1) is 22.3. The third-order valence-electron chi connectivity index (χ3n) is 5.44. The standard InChI is InChI=1S/C22H25ClN4O5/c1-13(2)32-25-27(29)26-10-4-5-19(26)22(28)31-20-14(3)24-11-17-18(20)12-30-21(17)15-6-8-16(23)9-7-15/h6-9,11,13,19,21H,4-5,10,12H2,1-3H3/b27-25+/t19-,21-/m0/s1. The summed E-state index contributed by atoms with van der Waals surface area (Å²) in [4.78, 5) is 22.8. The molecule has 0 N–H and O–H groups in total. The van der Waals surface area contributed by atoms with E-state index in [1.807, 2.05) is 12.1 Å². The maximum atomic E-state index is 13.0. The number of pyridine rings is 1. The maximum Gasteiger partial charge on any atom is 0.340 e. The topological polar surface area (TPSA) is 99.3 Å². The molecule has 0 spiro atoms. The highest BCUT2D eigenvalue weighted by atomic mass is 35.5. The van der Waals surface area contributed by atoms with Crippen LogP contribution in [0.5, 0.6) is 5.75 Å². The third kappa shape index (κ3) is 4.49. The van der Waals surface area contributed by atoms with E-state index in [0.717, 1.165) is 16.7 Å². The van der Waals surface area contributed by atoms with Gasteiger partial charge in [0.15, 0.2) is 11.8 Å². The summed E-state index contributed by atoms with van der Waals surface area (Å²) in [6.07, 6.45) is 2.34. The summed E-state index contributed by atoms with van der Waals surface area (Å²) < 4.78 is 11.8. The molecule has 3 heterocycles. The second-order valence-electron chi connectivity index (χ2n) is 8.08. The third-order valence-corrected chi connectivity index (χ3v) is 5.70. The van der Waals surface area contributed by atoms with E-state index in [1.165, 1.54) is 5.01 Å². The van der Waals surface area contributed by atoms with E-state index in [9.17, 15) is 10.0 Å². The first-order valence-corrected chi connectivity index (χ1v) is 10.9. The van der Waals surface area contributed by atoms with Gasteiger partial charge < -0.3 is 19.5 Å². The molecule has 2 atom stereocenters. The van der Waals surface area contributed by atoms with E-state index in [-0.39, 0.29) is 18.8 Å². The van der Waals surface area contributed by atoms with Crippen molar-refractivity contribution in [2.45, 2.75) is 58.5 Å². The van der Waals surface area contributed by atoms with Crippen molar-refractivity contribution in [2.75, 3.05) is 6.54 Å². The van der Waals surface area contributed by atoms with Crippen molar-refractivity contribution in [1.29, 1.82) is 0 Å². The van der Waals surface area contributed by atoms with Crippen molar-refractivity contribution >= 4 is 17.6 Å². The van der Waals surface area contributed by atoms with Crippen molar-refractivity contribution in [1.82, 2.24) is 9.99 Å². The molecule has 0 amide bonds. The lowest BCUT2D eigenvalue weighted by atomic mass is 10.0. The Labute approximate surface area is 191 Å².